The maximum absolute atomic E-state index is 12.1. The van der Waals surface area contributed by atoms with Crippen LogP contribution < -0.4 is 5.32 Å². The third kappa shape index (κ3) is 3.48. The molecule has 106 valence electrons. The number of hydrogen-bond acceptors (Lipinski definition) is 3. The van der Waals surface area contributed by atoms with Gasteiger partial charge in [-0.1, -0.05) is 43.7 Å². The lowest BCUT2D eigenvalue weighted by Crippen LogP contribution is -2.32. The van der Waals surface area contributed by atoms with E-state index in [4.69, 9.17) is 4.42 Å². The second-order valence-corrected chi connectivity index (χ2v) is 4.68. The summed E-state index contributed by atoms with van der Waals surface area (Å²) in [7, 11) is 0. The average Bonchev–Trinajstić information content (AvgIpc) is 2.95. The predicted molar refractivity (Wildman–Crippen MR) is 77.4 cm³/mol. The number of aliphatic hydroxyl groups is 1. The van der Waals surface area contributed by atoms with Crippen LogP contribution in [0.3, 0.4) is 0 Å². The van der Waals surface area contributed by atoms with E-state index in [0.29, 0.717) is 6.42 Å². The molecule has 0 fully saturated rings. The second-order valence-electron chi connectivity index (χ2n) is 4.68. The molecule has 2 N–H and O–H groups in total. The molecule has 1 heterocycles. The quantitative estimate of drug-likeness (QED) is 0.850. The normalized spacial score (nSPS) is 12.1. The molecule has 1 atom stereocenters. The third-order valence-electron chi connectivity index (χ3n) is 3.08. The van der Waals surface area contributed by atoms with Crippen LogP contribution in [0.15, 0.2) is 47.1 Å². The van der Waals surface area contributed by atoms with Crippen LogP contribution in [0.25, 0.3) is 11.1 Å². The molecule has 20 heavy (non-hydrogen) atoms. The largest absolute Gasteiger partial charge is 0.459 e. The van der Waals surface area contributed by atoms with Gasteiger partial charge in [0.2, 0.25) is 0 Å². The van der Waals surface area contributed by atoms with Crippen molar-refractivity contribution in [3.8, 4) is 11.1 Å². The molecule has 2 rings (SSSR count). The maximum Gasteiger partial charge on any atom is 0.287 e. The molecular formula is C16H19NO3. The fourth-order valence-corrected chi connectivity index (χ4v) is 2.06. The van der Waals surface area contributed by atoms with E-state index in [-0.39, 0.29) is 18.2 Å². The number of hydrogen-bond donors (Lipinski definition) is 2. The fourth-order valence-electron chi connectivity index (χ4n) is 2.06. The van der Waals surface area contributed by atoms with Crippen molar-refractivity contribution in [2.45, 2.75) is 25.9 Å². The van der Waals surface area contributed by atoms with Gasteiger partial charge in [0.15, 0.2) is 5.76 Å². The number of aliphatic hydroxyl groups excluding tert-OH is 1. The van der Waals surface area contributed by atoms with Crippen LogP contribution in [0.1, 0.15) is 30.3 Å². The number of rotatable bonds is 6. The molecule has 1 aromatic heterocycles. The Balaban J connectivity index is 2.07. The van der Waals surface area contributed by atoms with Gasteiger partial charge in [-0.15, -0.1) is 0 Å². The first kappa shape index (κ1) is 14.3. The van der Waals surface area contributed by atoms with Gasteiger partial charge in [0.05, 0.1) is 12.4 Å². The molecule has 1 aromatic carbocycles. The Labute approximate surface area is 118 Å². The minimum Gasteiger partial charge on any atom is -0.459 e. The summed E-state index contributed by atoms with van der Waals surface area (Å²) in [5.74, 6) is -0.0242. The van der Waals surface area contributed by atoms with Gasteiger partial charge in [-0.2, -0.15) is 0 Å². The monoisotopic (exact) mass is 273 g/mol. The van der Waals surface area contributed by atoms with Crippen molar-refractivity contribution in [1.82, 2.24) is 5.32 Å². The minimum atomic E-state index is -0.515. The van der Waals surface area contributed by atoms with Crippen molar-refractivity contribution in [2.75, 3.05) is 6.54 Å². The zero-order valence-corrected chi connectivity index (χ0v) is 11.5. The zero-order chi connectivity index (χ0) is 14.4. The topological polar surface area (TPSA) is 62.5 Å². The number of amides is 1. The minimum absolute atomic E-state index is 0.238. The molecular weight excluding hydrogens is 254 g/mol. The van der Waals surface area contributed by atoms with Crippen molar-refractivity contribution >= 4 is 5.91 Å². The number of benzene rings is 1. The SMILES string of the molecule is CCCC(O)CNC(=O)c1occc1-c1ccccc1. The third-order valence-corrected chi connectivity index (χ3v) is 3.08. The Morgan fingerprint density at radius 3 is 2.75 bits per heavy atom. The van der Waals surface area contributed by atoms with Crippen LogP contribution in [0.5, 0.6) is 0 Å². The van der Waals surface area contributed by atoms with Crippen LogP contribution in [-0.4, -0.2) is 23.7 Å². The van der Waals surface area contributed by atoms with E-state index in [0.717, 1.165) is 17.5 Å². The summed E-state index contributed by atoms with van der Waals surface area (Å²) >= 11 is 0. The Morgan fingerprint density at radius 1 is 1.30 bits per heavy atom. The van der Waals surface area contributed by atoms with E-state index >= 15 is 0 Å². The molecule has 4 heteroatoms. The standard InChI is InChI=1S/C16H19NO3/c1-2-6-13(18)11-17-16(19)15-14(9-10-20-15)12-7-4-3-5-8-12/h3-5,7-10,13,18H,2,6,11H2,1H3,(H,17,19). The van der Waals surface area contributed by atoms with E-state index in [2.05, 4.69) is 5.32 Å². The molecule has 0 aliphatic carbocycles. The van der Waals surface area contributed by atoms with Gasteiger partial charge in [0.1, 0.15) is 0 Å². The van der Waals surface area contributed by atoms with Crippen LogP contribution >= 0.6 is 0 Å². The number of carbonyl (C=O) groups excluding carboxylic acids is 1. The van der Waals surface area contributed by atoms with Crippen LogP contribution in [-0.2, 0) is 0 Å². The molecule has 1 amide bonds. The lowest BCUT2D eigenvalue weighted by Gasteiger charge is -2.10. The Kier molecular flexibility index (Phi) is 4.96. The first-order valence-electron chi connectivity index (χ1n) is 6.81. The Bertz CT molecular complexity index is 548. The van der Waals surface area contributed by atoms with Crippen molar-refractivity contribution in [2.24, 2.45) is 0 Å². The molecule has 4 nitrogen and oxygen atoms in total. The average molecular weight is 273 g/mol. The van der Waals surface area contributed by atoms with Gasteiger partial charge < -0.3 is 14.8 Å². The first-order chi connectivity index (χ1) is 9.72. The van der Waals surface area contributed by atoms with Gasteiger partial charge in [-0.3, -0.25) is 4.79 Å². The predicted octanol–water partition coefficient (Wildman–Crippen LogP) is 2.84. The second kappa shape index (κ2) is 6.91. The van der Waals surface area contributed by atoms with Crippen LogP contribution in [0, 0.1) is 0 Å². The summed E-state index contributed by atoms with van der Waals surface area (Å²) < 4.78 is 5.28. The molecule has 0 spiro atoms. The van der Waals surface area contributed by atoms with Gasteiger partial charge in [0, 0.05) is 12.1 Å². The lowest BCUT2D eigenvalue weighted by molar-refractivity contribution is 0.0884. The molecule has 0 aliphatic heterocycles. The Hall–Kier alpha value is -2.07. The van der Waals surface area contributed by atoms with Crippen molar-refractivity contribution < 1.29 is 14.3 Å². The number of nitrogens with one attached hydrogen (secondary N) is 1. The maximum atomic E-state index is 12.1. The van der Waals surface area contributed by atoms with Gasteiger partial charge in [-0.25, -0.2) is 0 Å². The number of carbonyl (C=O) groups is 1. The highest BCUT2D eigenvalue weighted by atomic mass is 16.3. The molecule has 0 saturated heterocycles. The van der Waals surface area contributed by atoms with Gasteiger partial charge >= 0.3 is 0 Å². The van der Waals surface area contributed by atoms with Gasteiger partial charge in [0.25, 0.3) is 5.91 Å². The molecule has 1 unspecified atom stereocenters. The molecule has 0 saturated carbocycles. The zero-order valence-electron chi connectivity index (χ0n) is 11.5. The highest BCUT2D eigenvalue weighted by Gasteiger charge is 2.17. The highest BCUT2D eigenvalue weighted by molar-refractivity contribution is 5.98. The van der Waals surface area contributed by atoms with Crippen molar-refractivity contribution in [3.05, 3.63) is 48.4 Å². The summed E-state index contributed by atoms with van der Waals surface area (Å²) in [6, 6.07) is 11.4. The molecule has 0 aliphatic rings. The van der Waals surface area contributed by atoms with Crippen LogP contribution in [0.2, 0.25) is 0 Å². The number of furan rings is 1. The Morgan fingerprint density at radius 2 is 2.05 bits per heavy atom. The van der Waals surface area contributed by atoms with E-state index in [1.807, 2.05) is 37.3 Å². The van der Waals surface area contributed by atoms with Crippen LogP contribution in [0.4, 0.5) is 0 Å². The highest BCUT2D eigenvalue weighted by Crippen LogP contribution is 2.24. The summed E-state index contributed by atoms with van der Waals surface area (Å²) in [5, 5.41) is 12.3. The molecule has 2 aromatic rings. The fraction of sp³-hybridized carbons (Fsp3) is 0.312. The summed E-state index contributed by atoms with van der Waals surface area (Å²) in [6.07, 6.45) is 2.54. The van der Waals surface area contributed by atoms with E-state index < -0.39 is 6.10 Å². The van der Waals surface area contributed by atoms with Gasteiger partial charge in [-0.05, 0) is 18.1 Å². The van der Waals surface area contributed by atoms with Crippen molar-refractivity contribution in [1.29, 1.82) is 0 Å². The van der Waals surface area contributed by atoms with E-state index in [1.165, 1.54) is 6.26 Å². The summed E-state index contributed by atoms with van der Waals surface area (Å²) in [6.45, 7) is 2.23. The van der Waals surface area contributed by atoms with E-state index in [9.17, 15) is 9.90 Å². The summed E-state index contributed by atoms with van der Waals surface area (Å²) in [4.78, 5) is 12.1. The lowest BCUT2D eigenvalue weighted by atomic mass is 10.1. The van der Waals surface area contributed by atoms with Crippen molar-refractivity contribution in [3.63, 3.8) is 0 Å². The smallest absolute Gasteiger partial charge is 0.287 e. The summed E-state index contributed by atoms with van der Waals surface area (Å²) in [5.41, 5.74) is 1.69. The van der Waals surface area contributed by atoms with E-state index in [1.54, 1.807) is 6.07 Å². The molecule has 0 radical (unpaired) electrons. The first-order valence-corrected chi connectivity index (χ1v) is 6.81. The molecule has 0 bridgehead atoms.